The molecule has 3 nitrogen and oxygen atoms in total. The van der Waals surface area contributed by atoms with E-state index in [9.17, 15) is 0 Å². The molecule has 0 N–H and O–H groups in total. The van der Waals surface area contributed by atoms with E-state index in [1.54, 1.807) is 0 Å². The molecule has 0 spiro atoms. The number of rotatable bonds is 10. The number of anilines is 5. The van der Waals surface area contributed by atoms with Crippen molar-refractivity contribution in [1.82, 2.24) is 4.57 Å². The minimum absolute atomic E-state index is 0.127. The summed E-state index contributed by atoms with van der Waals surface area (Å²) in [6, 6.07) is 78.2. The van der Waals surface area contributed by atoms with Gasteiger partial charge in [-0.05, 0) is 129 Å². The van der Waals surface area contributed by atoms with E-state index in [0.717, 1.165) is 22.7 Å². The Labute approximate surface area is 401 Å². The van der Waals surface area contributed by atoms with Crippen molar-refractivity contribution in [2.75, 3.05) is 9.80 Å². The van der Waals surface area contributed by atoms with Crippen LogP contribution < -0.4 is 9.80 Å². The van der Waals surface area contributed by atoms with E-state index < -0.39 is 0 Å². The molecule has 0 bridgehead atoms. The van der Waals surface area contributed by atoms with Gasteiger partial charge in [0.25, 0.3) is 0 Å². The van der Waals surface area contributed by atoms with Crippen LogP contribution in [0.5, 0.6) is 0 Å². The Bertz CT molecular complexity index is 3360. The highest BCUT2D eigenvalue weighted by molar-refractivity contribution is 6.16. The summed E-state index contributed by atoms with van der Waals surface area (Å²) < 4.78 is 2.53. The van der Waals surface area contributed by atoms with Crippen molar-refractivity contribution >= 4 is 55.8 Å². The van der Waals surface area contributed by atoms with E-state index in [2.05, 4.69) is 280 Å². The highest BCUT2D eigenvalue weighted by atomic mass is 15.2. The third kappa shape index (κ3) is 8.01. The first-order chi connectivity index (χ1) is 33.3. The van der Waals surface area contributed by atoms with Crippen LogP contribution in [0.3, 0.4) is 0 Å². The van der Waals surface area contributed by atoms with Gasteiger partial charge < -0.3 is 14.4 Å². The largest absolute Gasteiger partial charge is 0.334 e. The SMILES string of the molecule is Cc1ccc(N(c2ccc(C)cc2)c2ccc(-c3cccc4c5cccc(C6=CC(C)C(N(c7ccc(C)cc7)c7ccc(C)cc7)C=C6)c5n(-c5ccc(-c6ccccc6)cc5)c34)cc2)cc1. The van der Waals surface area contributed by atoms with Gasteiger partial charge >= 0.3 is 0 Å². The molecule has 9 aromatic carbocycles. The predicted molar refractivity (Wildman–Crippen MR) is 290 cm³/mol. The van der Waals surface area contributed by atoms with Crippen molar-refractivity contribution in [3.8, 4) is 27.9 Å². The average Bonchev–Trinajstić information content (AvgIpc) is 3.72. The summed E-state index contributed by atoms with van der Waals surface area (Å²) in [5.74, 6) is 0.212. The Balaban J connectivity index is 1.06. The molecule has 0 saturated heterocycles. The molecule has 2 atom stereocenters. The quantitative estimate of drug-likeness (QED) is 0.136. The van der Waals surface area contributed by atoms with E-state index in [1.807, 2.05) is 0 Å². The second-order valence-corrected chi connectivity index (χ2v) is 18.6. The van der Waals surface area contributed by atoms with Crippen molar-refractivity contribution in [2.45, 2.75) is 40.7 Å². The minimum atomic E-state index is 0.127. The molecule has 1 aliphatic rings. The lowest BCUT2D eigenvalue weighted by molar-refractivity contribution is 0.611. The van der Waals surface area contributed by atoms with Gasteiger partial charge in [0.15, 0.2) is 0 Å². The van der Waals surface area contributed by atoms with Gasteiger partial charge in [0.05, 0.1) is 17.1 Å². The fraction of sp³-hybridized carbons (Fsp3) is 0.108. The molecule has 10 aromatic rings. The lowest BCUT2D eigenvalue weighted by Crippen LogP contribution is -2.35. The van der Waals surface area contributed by atoms with Crippen molar-refractivity contribution in [2.24, 2.45) is 5.92 Å². The number of hydrogen-bond donors (Lipinski definition) is 0. The highest BCUT2D eigenvalue weighted by Gasteiger charge is 2.28. The van der Waals surface area contributed by atoms with Crippen molar-refractivity contribution < 1.29 is 0 Å². The number of nitrogens with zero attached hydrogens (tertiary/aromatic N) is 3. The van der Waals surface area contributed by atoms with Gasteiger partial charge in [-0.3, -0.25) is 0 Å². The van der Waals surface area contributed by atoms with Crippen LogP contribution in [0.25, 0.3) is 55.3 Å². The van der Waals surface area contributed by atoms with Crippen LogP contribution in [-0.2, 0) is 0 Å². The number of allylic oxidation sites excluding steroid dienone is 2. The number of hydrogen-bond acceptors (Lipinski definition) is 2. The molecule has 330 valence electrons. The number of fused-ring (bicyclic) bond motifs is 3. The number of aromatic nitrogens is 1. The molecule has 0 fully saturated rings. The lowest BCUT2D eigenvalue weighted by Gasteiger charge is -2.37. The number of para-hydroxylation sites is 2. The number of aryl methyl sites for hydroxylation is 4. The van der Waals surface area contributed by atoms with E-state index in [-0.39, 0.29) is 12.0 Å². The van der Waals surface area contributed by atoms with Crippen LogP contribution in [0.1, 0.15) is 34.7 Å². The molecule has 1 aromatic heterocycles. The summed E-state index contributed by atoms with van der Waals surface area (Å²) in [6.45, 7) is 11.0. The summed E-state index contributed by atoms with van der Waals surface area (Å²) in [4.78, 5) is 4.84. The monoisotopic (exact) mass is 877 g/mol. The van der Waals surface area contributed by atoms with Crippen LogP contribution in [-0.4, -0.2) is 10.6 Å². The Morgan fingerprint density at radius 2 is 0.809 bits per heavy atom. The second-order valence-electron chi connectivity index (χ2n) is 18.6. The lowest BCUT2D eigenvalue weighted by atomic mass is 9.87. The first kappa shape index (κ1) is 42.5. The molecule has 0 aliphatic heterocycles. The van der Waals surface area contributed by atoms with Gasteiger partial charge in [-0.1, -0.05) is 187 Å². The van der Waals surface area contributed by atoms with Crippen molar-refractivity contribution in [3.63, 3.8) is 0 Å². The minimum Gasteiger partial charge on any atom is -0.334 e. The Morgan fingerprint density at radius 3 is 1.31 bits per heavy atom. The topological polar surface area (TPSA) is 11.4 Å². The molecule has 1 heterocycles. The fourth-order valence-corrected chi connectivity index (χ4v) is 10.1. The van der Waals surface area contributed by atoms with Gasteiger partial charge in [-0.25, -0.2) is 0 Å². The van der Waals surface area contributed by atoms with Crippen molar-refractivity contribution in [1.29, 1.82) is 0 Å². The van der Waals surface area contributed by atoms with Crippen LogP contribution in [0.2, 0.25) is 0 Å². The molecule has 0 amide bonds. The molecule has 11 rings (SSSR count). The normalized spacial score (nSPS) is 14.6. The zero-order chi connectivity index (χ0) is 46.3. The summed E-state index contributed by atoms with van der Waals surface area (Å²) >= 11 is 0. The zero-order valence-corrected chi connectivity index (χ0v) is 39.4. The maximum absolute atomic E-state index is 2.53. The maximum atomic E-state index is 2.53. The van der Waals surface area contributed by atoms with E-state index in [1.165, 1.54) is 88.8 Å². The summed E-state index contributed by atoms with van der Waals surface area (Å²) in [5, 5.41) is 2.46. The van der Waals surface area contributed by atoms with Gasteiger partial charge in [0.2, 0.25) is 0 Å². The average molecular weight is 878 g/mol. The van der Waals surface area contributed by atoms with E-state index in [4.69, 9.17) is 0 Å². The first-order valence-electron chi connectivity index (χ1n) is 23.9. The third-order valence-electron chi connectivity index (χ3n) is 13.8. The first-order valence-corrected chi connectivity index (χ1v) is 23.9. The maximum Gasteiger partial charge on any atom is 0.0619 e. The summed E-state index contributed by atoms with van der Waals surface area (Å²) in [6.07, 6.45) is 7.27. The van der Waals surface area contributed by atoms with E-state index in [0.29, 0.717) is 0 Å². The standard InChI is InChI=1S/C65H55N3/c1-44-17-30-53(31-18-44)66(54-32-19-45(2)20-33-54)55-40-27-51(28-41-55)59-13-9-15-61-62-16-10-14-60(65(62)68(64(59)61)58-38-25-50(26-39-58)49-11-7-6-8-12-49)52-29-42-63(48(5)43-52)67(56-34-21-46(3)22-35-56)57-36-23-47(4)24-37-57/h6-43,48,63H,1-5H3. The third-order valence-corrected chi connectivity index (χ3v) is 13.8. The van der Waals surface area contributed by atoms with Gasteiger partial charge in [0, 0.05) is 56.0 Å². The van der Waals surface area contributed by atoms with E-state index >= 15 is 0 Å². The van der Waals surface area contributed by atoms with Crippen molar-refractivity contribution in [3.05, 3.63) is 258 Å². The van der Waals surface area contributed by atoms with Gasteiger partial charge in [-0.15, -0.1) is 0 Å². The van der Waals surface area contributed by atoms with Crippen LogP contribution in [0.4, 0.5) is 28.4 Å². The van der Waals surface area contributed by atoms with Crippen LogP contribution in [0, 0.1) is 33.6 Å². The fourth-order valence-electron chi connectivity index (χ4n) is 10.1. The molecular weight excluding hydrogens is 823 g/mol. The Morgan fingerprint density at radius 1 is 0.382 bits per heavy atom. The van der Waals surface area contributed by atoms with Gasteiger partial charge in [0.1, 0.15) is 0 Å². The van der Waals surface area contributed by atoms with Crippen LogP contribution in [0.15, 0.2) is 231 Å². The molecule has 0 radical (unpaired) electrons. The highest BCUT2D eigenvalue weighted by Crippen LogP contribution is 2.44. The summed E-state index contributed by atoms with van der Waals surface area (Å²) in [7, 11) is 0. The predicted octanol–water partition coefficient (Wildman–Crippen LogP) is 17.6. The molecule has 68 heavy (non-hydrogen) atoms. The smallest absolute Gasteiger partial charge is 0.0619 e. The summed E-state index contributed by atoms with van der Waals surface area (Å²) in [5.41, 5.74) is 21.5. The van der Waals surface area contributed by atoms with Crippen LogP contribution >= 0.6 is 0 Å². The molecule has 2 unspecified atom stereocenters. The molecule has 3 heteroatoms. The zero-order valence-electron chi connectivity index (χ0n) is 39.4. The Hall–Kier alpha value is -8.14. The number of benzene rings is 9. The second kappa shape index (κ2) is 17.9. The Kier molecular flexibility index (Phi) is 11.2. The molecule has 0 saturated carbocycles. The molecular formula is C65H55N3. The van der Waals surface area contributed by atoms with Gasteiger partial charge in [-0.2, -0.15) is 0 Å². The molecule has 1 aliphatic carbocycles.